The molecule has 0 amide bonds. The van der Waals surface area contributed by atoms with E-state index in [2.05, 4.69) is 11.4 Å². The van der Waals surface area contributed by atoms with Gasteiger partial charge in [0, 0.05) is 18.8 Å². The Labute approximate surface area is 73.6 Å². The van der Waals surface area contributed by atoms with Gasteiger partial charge in [-0.2, -0.15) is 0 Å². The summed E-state index contributed by atoms with van der Waals surface area (Å²) in [5, 5.41) is 3.23. The van der Waals surface area contributed by atoms with E-state index >= 15 is 0 Å². The Morgan fingerprint density at radius 2 is 2.17 bits per heavy atom. The largest absolute Gasteiger partial charge is 0.383 e. The zero-order valence-corrected chi connectivity index (χ0v) is 7.34. The molecular formula is C10H14NO. The summed E-state index contributed by atoms with van der Waals surface area (Å²) in [6, 6.07) is 10.7. The third-order valence-corrected chi connectivity index (χ3v) is 1.50. The highest BCUT2D eigenvalue weighted by molar-refractivity contribution is 5.41. The minimum Gasteiger partial charge on any atom is -0.383 e. The van der Waals surface area contributed by atoms with E-state index < -0.39 is 0 Å². The molecular weight excluding hydrogens is 150 g/mol. The molecule has 0 saturated carbocycles. The van der Waals surface area contributed by atoms with Crippen molar-refractivity contribution >= 4 is 5.69 Å². The Bertz CT molecular complexity index is 198. The quantitative estimate of drug-likeness (QED) is 0.671. The summed E-state index contributed by atoms with van der Waals surface area (Å²) in [7, 11) is 0. The normalized spacial score (nSPS) is 9.75. The maximum atomic E-state index is 5.18. The molecule has 0 aliphatic rings. The van der Waals surface area contributed by atoms with Crippen molar-refractivity contribution in [3.8, 4) is 0 Å². The fourth-order valence-corrected chi connectivity index (χ4v) is 0.917. The Kier molecular flexibility index (Phi) is 4.24. The molecule has 2 nitrogen and oxygen atoms in total. The highest BCUT2D eigenvalue weighted by Gasteiger charge is 1.87. The maximum absolute atomic E-state index is 5.18. The van der Waals surface area contributed by atoms with E-state index in [0.29, 0.717) is 0 Å². The van der Waals surface area contributed by atoms with E-state index in [4.69, 9.17) is 4.74 Å². The molecule has 2 heteroatoms. The summed E-state index contributed by atoms with van der Waals surface area (Å²) in [6.45, 7) is 4.40. The zero-order chi connectivity index (χ0) is 8.65. The molecule has 1 aromatic rings. The predicted octanol–water partition coefficient (Wildman–Crippen LogP) is 1.94. The molecule has 0 unspecified atom stereocenters. The monoisotopic (exact) mass is 164 g/mol. The molecule has 0 saturated heterocycles. The molecule has 1 radical (unpaired) electrons. The van der Waals surface area contributed by atoms with Gasteiger partial charge in [0.2, 0.25) is 0 Å². The van der Waals surface area contributed by atoms with E-state index in [1.54, 1.807) is 0 Å². The van der Waals surface area contributed by atoms with Gasteiger partial charge in [0.1, 0.15) is 0 Å². The van der Waals surface area contributed by atoms with Crippen LogP contribution in [0.5, 0.6) is 0 Å². The minimum atomic E-state index is 0.759. The summed E-state index contributed by atoms with van der Waals surface area (Å²) >= 11 is 0. The van der Waals surface area contributed by atoms with Crippen molar-refractivity contribution in [3.63, 3.8) is 0 Å². The topological polar surface area (TPSA) is 21.3 Å². The second kappa shape index (κ2) is 5.61. The molecule has 1 aromatic carbocycles. The Morgan fingerprint density at radius 1 is 1.42 bits per heavy atom. The number of rotatable bonds is 5. The second-order valence-corrected chi connectivity index (χ2v) is 2.41. The van der Waals surface area contributed by atoms with Crippen LogP contribution in [0.3, 0.4) is 0 Å². The Balaban J connectivity index is 2.16. The Hall–Kier alpha value is -1.02. The average Bonchev–Trinajstić information content (AvgIpc) is 2.14. The average molecular weight is 164 g/mol. The summed E-state index contributed by atoms with van der Waals surface area (Å²) in [5.41, 5.74) is 1.12. The van der Waals surface area contributed by atoms with Gasteiger partial charge in [0.15, 0.2) is 0 Å². The number of nitrogens with one attached hydrogen (secondary N) is 1. The van der Waals surface area contributed by atoms with E-state index in [0.717, 1.165) is 25.4 Å². The molecule has 65 valence electrons. The van der Waals surface area contributed by atoms with Crippen LogP contribution in [0.15, 0.2) is 24.3 Å². The first-order valence-electron chi connectivity index (χ1n) is 4.21. The predicted molar refractivity (Wildman–Crippen MR) is 50.3 cm³/mol. The van der Waals surface area contributed by atoms with E-state index in [1.807, 2.05) is 31.2 Å². The summed E-state index contributed by atoms with van der Waals surface area (Å²) in [6.07, 6.45) is 0. The third-order valence-electron chi connectivity index (χ3n) is 1.50. The van der Waals surface area contributed by atoms with Crippen molar-refractivity contribution in [1.29, 1.82) is 0 Å². The number of ether oxygens (including phenoxy) is 1. The van der Waals surface area contributed by atoms with Gasteiger partial charge >= 0.3 is 0 Å². The van der Waals surface area contributed by atoms with Crippen molar-refractivity contribution in [2.75, 3.05) is 25.1 Å². The van der Waals surface area contributed by atoms with Gasteiger partial charge in [-0.05, 0) is 25.1 Å². The van der Waals surface area contributed by atoms with Crippen molar-refractivity contribution in [1.82, 2.24) is 0 Å². The summed E-state index contributed by atoms with van der Waals surface area (Å²) < 4.78 is 5.18. The van der Waals surface area contributed by atoms with Gasteiger partial charge < -0.3 is 10.1 Å². The number of hydrogen-bond donors (Lipinski definition) is 1. The fraction of sp³-hybridized carbons (Fsp3) is 0.400. The Morgan fingerprint density at radius 3 is 2.83 bits per heavy atom. The zero-order valence-electron chi connectivity index (χ0n) is 7.34. The van der Waals surface area contributed by atoms with Crippen LogP contribution in [0, 0.1) is 6.07 Å². The van der Waals surface area contributed by atoms with E-state index in [9.17, 15) is 0 Å². The smallest absolute Gasteiger partial charge is 0.0638 e. The number of hydrogen-bond acceptors (Lipinski definition) is 2. The van der Waals surface area contributed by atoms with Gasteiger partial charge in [-0.15, -0.1) is 0 Å². The van der Waals surface area contributed by atoms with Crippen molar-refractivity contribution in [3.05, 3.63) is 30.3 Å². The number of anilines is 1. The molecule has 0 spiro atoms. The lowest BCUT2D eigenvalue weighted by molar-refractivity contribution is 0.158. The summed E-state index contributed by atoms with van der Waals surface area (Å²) in [4.78, 5) is 0. The fourth-order valence-electron chi connectivity index (χ4n) is 0.917. The molecule has 1 rings (SSSR count). The second-order valence-electron chi connectivity index (χ2n) is 2.41. The molecule has 0 bridgehead atoms. The molecule has 0 atom stereocenters. The highest BCUT2D eigenvalue weighted by Crippen LogP contribution is 2.02. The van der Waals surface area contributed by atoms with Gasteiger partial charge in [0.05, 0.1) is 6.61 Å². The lowest BCUT2D eigenvalue weighted by Gasteiger charge is -2.04. The van der Waals surface area contributed by atoms with Crippen LogP contribution in [-0.2, 0) is 4.74 Å². The highest BCUT2D eigenvalue weighted by atomic mass is 16.5. The van der Waals surface area contributed by atoms with Crippen LogP contribution in [0.2, 0.25) is 0 Å². The van der Waals surface area contributed by atoms with Crippen LogP contribution < -0.4 is 5.32 Å². The molecule has 0 aliphatic carbocycles. The standard InChI is InChI=1S/C10H14NO/c1-2-12-9-8-11-10-6-4-3-5-7-10/h4-7,11H,2,8-9H2,1H3. The molecule has 0 aliphatic heterocycles. The SMILES string of the molecule is CCOCCNc1cc[c]cc1. The molecule has 1 N–H and O–H groups in total. The molecule has 12 heavy (non-hydrogen) atoms. The first-order valence-corrected chi connectivity index (χ1v) is 4.21. The lowest BCUT2D eigenvalue weighted by atomic mass is 10.3. The van der Waals surface area contributed by atoms with E-state index in [1.165, 1.54) is 0 Å². The lowest BCUT2D eigenvalue weighted by Crippen LogP contribution is -2.08. The van der Waals surface area contributed by atoms with Crippen LogP contribution in [-0.4, -0.2) is 19.8 Å². The van der Waals surface area contributed by atoms with Gasteiger partial charge in [0.25, 0.3) is 0 Å². The first kappa shape index (κ1) is 9.07. The van der Waals surface area contributed by atoms with Gasteiger partial charge in [-0.25, -0.2) is 0 Å². The van der Waals surface area contributed by atoms with Gasteiger partial charge in [-0.1, -0.05) is 12.1 Å². The van der Waals surface area contributed by atoms with E-state index in [-0.39, 0.29) is 0 Å². The van der Waals surface area contributed by atoms with Crippen molar-refractivity contribution in [2.24, 2.45) is 0 Å². The first-order chi connectivity index (χ1) is 5.93. The molecule has 0 fully saturated rings. The maximum Gasteiger partial charge on any atom is 0.0638 e. The molecule has 0 aromatic heterocycles. The van der Waals surface area contributed by atoms with Gasteiger partial charge in [-0.3, -0.25) is 0 Å². The van der Waals surface area contributed by atoms with Crippen molar-refractivity contribution < 1.29 is 4.74 Å². The molecule has 0 heterocycles. The van der Waals surface area contributed by atoms with Crippen LogP contribution in [0.4, 0.5) is 5.69 Å². The summed E-state index contributed by atoms with van der Waals surface area (Å²) in [5.74, 6) is 0. The number of benzene rings is 1. The van der Waals surface area contributed by atoms with Crippen LogP contribution in [0.1, 0.15) is 6.92 Å². The third kappa shape index (κ3) is 3.39. The van der Waals surface area contributed by atoms with Crippen LogP contribution >= 0.6 is 0 Å². The van der Waals surface area contributed by atoms with Crippen molar-refractivity contribution in [2.45, 2.75) is 6.92 Å². The minimum absolute atomic E-state index is 0.759. The van der Waals surface area contributed by atoms with Crippen LogP contribution in [0.25, 0.3) is 0 Å².